The molecule has 2 aromatic carbocycles. The molecule has 1 aliphatic rings. The van der Waals surface area contributed by atoms with Gasteiger partial charge in [-0.1, -0.05) is 37.5 Å². The van der Waals surface area contributed by atoms with Gasteiger partial charge in [0.05, 0.1) is 20.3 Å². The number of hydrogen-bond donors (Lipinski definition) is 1. The first-order valence-corrected chi connectivity index (χ1v) is 13.0. The van der Waals surface area contributed by atoms with E-state index >= 15 is 0 Å². The molecule has 2 aromatic rings. The van der Waals surface area contributed by atoms with Crippen molar-refractivity contribution in [2.45, 2.75) is 70.7 Å². The van der Waals surface area contributed by atoms with Crippen molar-refractivity contribution in [3.63, 3.8) is 0 Å². The molecule has 36 heavy (non-hydrogen) atoms. The van der Waals surface area contributed by atoms with Gasteiger partial charge in [0.1, 0.15) is 17.7 Å². The molecule has 1 unspecified atom stereocenters. The van der Waals surface area contributed by atoms with Crippen LogP contribution in [0.5, 0.6) is 17.2 Å². The summed E-state index contributed by atoms with van der Waals surface area (Å²) in [7, 11) is 3.15. The fraction of sp³-hybridized carbons (Fsp3) is 0.500. The maximum atomic E-state index is 13.8. The summed E-state index contributed by atoms with van der Waals surface area (Å²) in [5.41, 5.74) is 1.45. The van der Waals surface area contributed by atoms with Gasteiger partial charge >= 0.3 is 0 Å². The molecule has 0 heterocycles. The van der Waals surface area contributed by atoms with Crippen molar-refractivity contribution in [3.05, 3.63) is 53.6 Å². The van der Waals surface area contributed by atoms with E-state index in [1.807, 2.05) is 44.2 Å². The average Bonchev–Trinajstić information content (AvgIpc) is 2.88. The molecule has 3 rings (SSSR count). The summed E-state index contributed by atoms with van der Waals surface area (Å²) in [5.74, 6) is 0.920. The van der Waals surface area contributed by atoms with Crippen LogP contribution >= 0.6 is 11.6 Å². The zero-order valence-corrected chi connectivity index (χ0v) is 22.3. The van der Waals surface area contributed by atoms with Crippen molar-refractivity contribution in [1.29, 1.82) is 0 Å². The molecule has 1 N–H and O–H groups in total. The maximum absolute atomic E-state index is 13.8. The summed E-state index contributed by atoms with van der Waals surface area (Å²) in [5, 5.41) is 3.20. The van der Waals surface area contributed by atoms with E-state index in [4.69, 9.17) is 25.8 Å². The van der Waals surface area contributed by atoms with Crippen LogP contribution in [0.25, 0.3) is 0 Å². The maximum Gasteiger partial charge on any atom is 0.247 e. The Labute approximate surface area is 219 Å². The lowest BCUT2D eigenvalue weighted by molar-refractivity contribution is -0.140. The summed E-state index contributed by atoms with van der Waals surface area (Å²) < 4.78 is 16.8. The molecule has 7 nitrogen and oxygen atoms in total. The third-order valence-corrected chi connectivity index (χ3v) is 6.53. The van der Waals surface area contributed by atoms with Crippen molar-refractivity contribution in [2.75, 3.05) is 20.1 Å². The number of hydrogen-bond acceptors (Lipinski definition) is 5. The van der Waals surface area contributed by atoms with Gasteiger partial charge in [0.15, 0.2) is 11.5 Å². The minimum Gasteiger partial charge on any atom is -0.497 e. The molecule has 0 saturated heterocycles. The highest BCUT2D eigenvalue weighted by Crippen LogP contribution is 2.34. The molecular weight excluding hydrogens is 480 g/mol. The Balaban J connectivity index is 2.03. The van der Waals surface area contributed by atoms with Crippen LogP contribution in [0, 0.1) is 0 Å². The first kappa shape index (κ1) is 27.7. The average molecular weight is 517 g/mol. The normalized spacial score (nSPS) is 14.7. The van der Waals surface area contributed by atoms with E-state index in [0.29, 0.717) is 22.8 Å². The number of halogens is 1. The second kappa shape index (κ2) is 13.4. The highest BCUT2D eigenvalue weighted by Gasteiger charge is 2.33. The van der Waals surface area contributed by atoms with Crippen LogP contribution in [0.2, 0.25) is 0 Å². The van der Waals surface area contributed by atoms with Crippen molar-refractivity contribution < 1.29 is 23.8 Å². The molecule has 1 atom stereocenters. The van der Waals surface area contributed by atoms with Gasteiger partial charge in [0, 0.05) is 12.6 Å². The zero-order chi connectivity index (χ0) is 26.1. The van der Waals surface area contributed by atoms with Crippen LogP contribution in [0.1, 0.15) is 63.1 Å². The lowest BCUT2D eigenvalue weighted by Gasteiger charge is -2.33. The van der Waals surface area contributed by atoms with E-state index in [0.717, 1.165) is 31.2 Å². The Morgan fingerprint density at radius 2 is 1.78 bits per heavy atom. The number of rotatable bonds is 11. The Morgan fingerprint density at radius 3 is 2.42 bits per heavy atom. The smallest absolute Gasteiger partial charge is 0.247 e. The monoisotopic (exact) mass is 516 g/mol. The first-order valence-electron chi connectivity index (χ1n) is 12.5. The summed E-state index contributed by atoms with van der Waals surface area (Å²) >= 11 is 6.05. The van der Waals surface area contributed by atoms with E-state index < -0.39 is 6.04 Å². The lowest BCUT2D eigenvalue weighted by atomic mass is 9.94. The quantitative estimate of drug-likeness (QED) is 0.413. The summed E-state index contributed by atoms with van der Waals surface area (Å²) in [6, 6.07) is 12.0. The number of carbonyl (C=O) groups excluding carboxylic acids is 2. The lowest BCUT2D eigenvalue weighted by Crippen LogP contribution is -2.47. The van der Waals surface area contributed by atoms with Gasteiger partial charge in [-0.25, -0.2) is 0 Å². The minimum atomic E-state index is -0.897. The van der Waals surface area contributed by atoms with E-state index in [1.54, 1.807) is 26.4 Å². The predicted octanol–water partition coefficient (Wildman–Crippen LogP) is 5.25. The van der Waals surface area contributed by atoms with Gasteiger partial charge in [-0.15, -0.1) is 11.6 Å². The largest absolute Gasteiger partial charge is 0.497 e. The number of alkyl halides is 1. The molecule has 0 bridgehead atoms. The fourth-order valence-electron chi connectivity index (χ4n) is 4.57. The molecule has 0 aromatic heterocycles. The Bertz CT molecular complexity index is 1020. The fourth-order valence-corrected chi connectivity index (χ4v) is 4.73. The minimum absolute atomic E-state index is 0.0440. The Morgan fingerprint density at radius 1 is 1.03 bits per heavy atom. The second-order valence-electron chi connectivity index (χ2n) is 9.33. The van der Waals surface area contributed by atoms with E-state index in [-0.39, 0.29) is 36.4 Å². The number of ether oxygens (including phenoxy) is 3. The highest BCUT2D eigenvalue weighted by molar-refractivity contribution is 6.27. The first-order chi connectivity index (χ1) is 17.4. The van der Waals surface area contributed by atoms with Crippen molar-refractivity contribution in [3.8, 4) is 17.2 Å². The molecule has 196 valence electrons. The molecular formula is C28H37ClN2O5. The number of benzene rings is 2. The second-order valence-corrected chi connectivity index (χ2v) is 9.60. The van der Waals surface area contributed by atoms with E-state index in [2.05, 4.69) is 5.32 Å². The van der Waals surface area contributed by atoms with Crippen LogP contribution in [0.15, 0.2) is 42.5 Å². The molecule has 1 aliphatic carbocycles. The molecule has 1 saturated carbocycles. The number of carbonyl (C=O) groups is 2. The van der Waals surface area contributed by atoms with E-state index in [1.165, 1.54) is 11.3 Å². The number of nitrogens with one attached hydrogen (secondary N) is 1. The van der Waals surface area contributed by atoms with E-state index in [9.17, 15) is 9.59 Å². The van der Waals surface area contributed by atoms with Crippen molar-refractivity contribution >= 4 is 23.4 Å². The molecule has 0 radical (unpaired) electrons. The van der Waals surface area contributed by atoms with Gasteiger partial charge in [0.2, 0.25) is 11.8 Å². The summed E-state index contributed by atoms with van der Waals surface area (Å²) in [6.07, 6.45) is 5.16. The number of nitrogens with zero attached hydrogens (tertiary/aromatic N) is 1. The molecule has 1 fully saturated rings. The summed E-state index contributed by atoms with van der Waals surface area (Å²) in [4.78, 5) is 28.5. The van der Waals surface area contributed by atoms with Crippen molar-refractivity contribution in [2.24, 2.45) is 0 Å². The van der Waals surface area contributed by atoms with Gasteiger partial charge in [0.25, 0.3) is 0 Å². The topological polar surface area (TPSA) is 77.1 Å². The van der Waals surface area contributed by atoms with Gasteiger partial charge in [-0.2, -0.15) is 0 Å². The number of amides is 2. The van der Waals surface area contributed by atoms with Crippen LogP contribution in [0.4, 0.5) is 0 Å². The van der Waals surface area contributed by atoms with Gasteiger partial charge in [-0.3, -0.25) is 9.59 Å². The SMILES string of the molecule is COc1cccc(CN(C(=O)CCl)C(C(=O)NC2CCCCC2)c2ccc(OC(C)C)c(OC)c2)c1. The van der Waals surface area contributed by atoms with Crippen molar-refractivity contribution in [1.82, 2.24) is 10.2 Å². The third kappa shape index (κ3) is 7.29. The molecule has 0 spiro atoms. The van der Waals surface area contributed by atoms with Crippen LogP contribution in [-0.2, 0) is 16.1 Å². The molecule has 2 amide bonds. The van der Waals surface area contributed by atoms with Crippen LogP contribution in [0.3, 0.4) is 0 Å². The standard InChI is InChI=1S/C28H37ClN2O5/c1-19(2)36-24-14-13-21(16-25(24)35-4)27(28(33)30-22-10-6-5-7-11-22)31(26(32)17-29)18-20-9-8-12-23(15-20)34-3/h8-9,12-16,19,22,27H,5-7,10-11,17-18H2,1-4H3,(H,30,33). The van der Waals surface area contributed by atoms with Crippen LogP contribution in [-0.4, -0.2) is 49.0 Å². The molecule has 0 aliphatic heterocycles. The molecule has 8 heteroatoms. The Kier molecular flexibility index (Phi) is 10.3. The van der Waals surface area contributed by atoms with Gasteiger partial charge < -0.3 is 24.4 Å². The third-order valence-electron chi connectivity index (χ3n) is 6.30. The highest BCUT2D eigenvalue weighted by atomic mass is 35.5. The Hall–Kier alpha value is -2.93. The van der Waals surface area contributed by atoms with Crippen LogP contribution < -0.4 is 19.5 Å². The summed E-state index contributed by atoms with van der Waals surface area (Å²) in [6.45, 7) is 4.06. The number of methoxy groups -OCH3 is 2. The zero-order valence-electron chi connectivity index (χ0n) is 21.6. The predicted molar refractivity (Wildman–Crippen MR) is 141 cm³/mol. The van der Waals surface area contributed by atoms with Gasteiger partial charge in [-0.05, 0) is 62.1 Å².